The second-order valence-electron chi connectivity index (χ2n) is 5.09. The van der Waals surface area contributed by atoms with Crippen molar-refractivity contribution in [2.75, 3.05) is 6.26 Å². The summed E-state index contributed by atoms with van der Waals surface area (Å²) in [6, 6.07) is 19.0. The van der Waals surface area contributed by atoms with Crippen LogP contribution in [0.5, 0.6) is 0 Å². The number of H-pyrrole nitrogens is 1. The van der Waals surface area contributed by atoms with Crippen LogP contribution in [-0.4, -0.2) is 16.5 Å². The molecule has 0 saturated heterocycles. The zero-order chi connectivity index (χ0) is 15.2. The van der Waals surface area contributed by atoms with E-state index in [0.717, 1.165) is 18.8 Å². The summed E-state index contributed by atoms with van der Waals surface area (Å²) in [6.45, 7) is 1.65. The van der Waals surface area contributed by atoms with E-state index in [2.05, 4.69) is 58.2 Å². The van der Waals surface area contributed by atoms with Gasteiger partial charge in [-0.1, -0.05) is 42.5 Å². The first-order valence-electron chi connectivity index (χ1n) is 7.28. The van der Waals surface area contributed by atoms with E-state index in [9.17, 15) is 0 Å². The lowest BCUT2D eigenvalue weighted by atomic mass is 10.1. The molecule has 3 rings (SSSR count). The van der Waals surface area contributed by atoms with Crippen LogP contribution in [0.15, 0.2) is 65.7 Å². The Bertz CT molecular complexity index is 705. The number of benzene rings is 2. The highest BCUT2D eigenvalue weighted by atomic mass is 32.2. The van der Waals surface area contributed by atoms with E-state index in [1.165, 1.54) is 21.6 Å². The molecule has 2 N–H and O–H groups in total. The van der Waals surface area contributed by atoms with E-state index in [4.69, 9.17) is 0 Å². The van der Waals surface area contributed by atoms with E-state index in [-0.39, 0.29) is 0 Å². The molecule has 0 spiro atoms. The Kier molecular flexibility index (Phi) is 4.93. The van der Waals surface area contributed by atoms with Gasteiger partial charge in [-0.3, -0.25) is 5.10 Å². The van der Waals surface area contributed by atoms with Gasteiger partial charge in [-0.15, -0.1) is 11.8 Å². The minimum absolute atomic E-state index is 0.797. The van der Waals surface area contributed by atoms with Gasteiger partial charge in [-0.25, -0.2) is 0 Å². The average molecular weight is 309 g/mol. The van der Waals surface area contributed by atoms with E-state index < -0.39 is 0 Å². The number of thioether (sulfide) groups is 1. The van der Waals surface area contributed by atoms with Gasteiger partial charge < -0.3 is 5.32 Å². The Hall–Kier alpha value is -2.04. The summed E-state index contributed by atoms with van der Waals surface area (Å²) in [5.74, 6) is 0. The molecule has 4 heteroatoms. The molecule has 112 valence electrons. The standard InChI is InChI=1S/C18H19N3S/c1-22-17-9-7-14(8-10-17)11-19-12-16-13-20-21-18(16)15-5-3-2-4-6-15/h2-10,13,19H,11-12H2,1H3,(H,20,21). The molecule has 2 aromatic carbocycles. The average Bonchev–Trinajstić information content (AvgIpc) is 3.05. The molecule has 0 amide bonds. The summed E-state index contributed by atoms with van der Waals surface area (Å²) in [5.41, 5.74) is 4.74. The molecule has 0 fully saturated rings. The summed E-state index contributed by atoms with van der Waals surface area (Å²) in [5, 5.41) is 10.8. The first kappa shape index (κ1) is 14.9. The molecule has 0 aliphatic carbocycles. The number of nitrogens with one attached hydrogen (secondary N) is 2. The first-order chi connectivity index (χ1) is 10.9. The van der Waals surface area contributed by atoms with Gasteiger partial charge in [0.15, 0.2) is 0 Å². The third kappa shape index (κ3) is 3.59. The van der Waals surface area contributed by atoms with Crippen molar-refractivity contribution in [2.24, 2.45) is 0 Å². The Morgan fingerprint density at radius 2 is 1.77 bits per heavy atom. The Labute approximate surface area is 135 Å². The number of nitrogens with zero attached hydrogens (tertiary/aromatic N) is 1. The third-order valence-electron chi connectivity index (χ3n) is 3.58. The lowest BCUT2D eigenvalue weighted by molar-refractivity contribution is 0.694. The van der Waals surface area contributed by atoms with Crippen molar-refractivity contribution in [2.45, 2.75) is 18.0 Å². The molecular weight excluding hydrogens is 290 g/mol. The zero-order valence-electron chi connectivity index (χ0n) is 12.5. The fourth-order valence-corrected chi connectivity index (χ4v) is 2.79. The molecular formula is C18H19N3S. The normalized spacial score (nSPS) is 10.8. The Balaban J connectivity index is 1.61. The molecule has 3 aromatic rings. The molecule has 22 heavy (non-hydrogen) atoms. The lowest BCUT2D eigenvalue weighted by Gasteiger charge is -2.07. The van der Waals surface area contributed by atoms with E-state index in [1.54, 1.807) is 11.8 Å². The monoisotopic (exact) mass is 309 g/mol. The zero-order valence-corrected chi connectivity index (χ0v) is 13.4. The summed E-state index contributed by atoms with van der Waals surface area (Å²) in [7, 11) is 0. The smallest absolute Gasteiger partial charge is 0.0695 e. The van der Waals surface area contributed by atoms with Crippen LogP contribution in [0.1, 0.15) is 11.1 Å². The predicted octanol–water partition coefficient (Wildman–Crippen LogP) is 4.09. The number of hydrogen-bond acceptors (Lipinski definition) is 3. The molecule has 0 radical (unpaired) electrons. The van der Waals surface area contributed by atoms with Gasteiger partial charge in [0.1, 0.15) is 0 Å². The summed E-state index contributed by atoms with van der Waals surface area (Å²) in [4.78, 5) is 1.30. The van der Waals surface area contributed by atoms with E-state index in [0.29, 0.717) is 0 Å². The maximum atomic E-state index is 4.18. The molecule has 0 unspecified atom stereocenters. The fourth-order valence-electron chi connectivity index (χ4n) is 2.38. The van der Waals surface area contributed by atoms with Gasteiger partial charge in [0, 0.05) is 23.5 Å². The minimum Gasteiger partial charge on any atom is -0.308 e. The molecule has 0 saturated carbocycles. The van der Waals surface area contributed by atoms with Crippen molar-refractivity contribution in [3.05, 3.63) is 71.9 Å². The van der Waals surface area contributed by atoms with Crippen LogP contribution < -0.4 is 5.32 Å². The van der Waals surface area contributed by atoms with Gasteiger partial charge in [-0.05, 0) is 29.5 Å². The van der Waals surface area contributed by atoms with Crippen LogP contribution in [0.2, 0.25) is 0 Å². The molecule has 0 aliphatic heterocycles. The number of aromatic nitrogens is 2. The summed E-state index contributed by atoms with van der Waals surface area (Å²) in [6.07, 6.45) is 3.99. The first-order valence-corrected chi connectivity index (χ1v) is 8.50. The van der Waals surface area contributed by atoms with E-state index >= 15 is 0 Å². The summed E-state index contributed by atoms with van der Waals surface area (Å²) >= 11 is 1.77. The maximum absolute atomic E-state index is 4.18. The molecule has 0 atom stereocenters. The largest absolute Gasteiger partial charge is 0.308 e. The van der Waals surface area contributed by atoms with Crippen molar-refractivity contribution < 1.29 is 0 Å². The Morgan fingerprint density at radius 1 is 1.00 bits per heavy atom. The van der Waals surface area contributed by atoms with Gasteiger partial charge in [0.05, 0.1) is 11.9 Å². The number of rotatable bonds is 6. The van der Waals surface area contributed by atoms with Crippen molar-refractivity contribution >= 4 is 11.8 Å². The second kappa shape index (κ2) is 7.29. The van der Waals surface area contributed by atoms with Crippen molar-refractivity contribution in [1.29, 1.82) is 0 Å². The van der Waals surface area contributed by atoms with Crippen LogP contribution in [0, 0.1) is 0 Å². The van der Waals surface area contributed by atoms with Crippen molar-refractivity contribution in [3.8, 4) is 11.3 Å². The molecule has 0 aliphatic rings. The molecule has 1 aromatic heterocycles. The highest BCUT2D eigenvalue weighted by molar-refractivity contribution is 7.98. The summed E-state index contributed by atoms with van der Waals surface area (Å²) < 4.78 is 0. The van der Waals surface area contributed by atoms with Crippen molar-refractivity contribution in [3.63, 3.8) is 0 Å². The van der Waals surface area contributed by atoms with Crippen LogP contribution in [0.25, 0.3) is 11.3 Å². The second-order valence-corrected chi connectivity index (χ2v) is 5.97. The fraction of sp³-hybridized carbons (Fsp3) is 0.167. The van der Waals surface area contributed by atoms with E-state index in [1.807, 2.05) is 24.4 Å². The van der Waals surface area contributed by atoms with Gasteiger partial charge >= 0.3 is 0 Å². The number of hydrogen-bond donors (Lipinski definition) is 2. The van der Waals surface area contributed by atoms with Crippen LogP contribution >= 0.6 is 11.8 Å². The third-order valence-corrected chi connectivity index (χ3v) is 4.33. The van der Waals surface area contributed by atoms with Gasteiger partial charge in [0.2, 0.25) is 0 Å². The van der Waals surface area contributed by atoms with Crippen molar-refractivity contribution in [1.82, 2.24) is 15.5 Å². The highest BCUT2D eigenvalue weighted by Crippen LogP contribution is 2.20. The highest BCUT2D eigenvalue weighted by Gasteiger charge is 2.06. The molecule has 0 bridgehead atoms. The number of aromatic amines is 1. The maximum Gasteiger partial charge on any atom is 0.0695 e. The van der Waals surface area contributed by atoms with Gasteiger partial charge in [-0.2, -0.15) is 5.10 Å². The van der Waals surface area contributed by atoms with Gasteiger partial charge in [0.25, 0.3) is 0 Å². The topological polar surface area (TPSA) is 40.7 Å². The SMILES string of the molecule is CSc1ccc(CNCc2cn[nH]c2-c2ccccc2)cc1. The molecule has 3 nitrogen and oxygen atoms in total. The molecule has 1 heterocycles. The lowest BCUT2D eigenvalue weighted by Crippen LogP contribution is -2.12. The predicted molar refractivity (Wildman–Crippen MR) is 92.8 cm³/mol. The van der Waals surface area contributed by atoms with Crippen LogP contribution in [0.4, 0.5) is 0 Å². The quantitative estimate of drug-likeness (QED) is 0.674. The Morgan fingerprint density at radius 3 is 2.50 bits per heavy atom. The minimum atomic E-state index is 0.797. The van der Waals surface area contributed by atoms with Crippen LogP contribution in [0.3, 0.4) is 0 Å². The van der Waals surface area contributed by atoms with Crippen LogP contribution in [-0.2, 0) is 13.1 Å².